The van der Waals surface area contributed by atoms with Crippen LogP contribution in [0.15, 0.2) is 18.2 Å². The first-order valence-electron chi connectivity index (χ1n) is 8.24. The van der Waals surface area contributed by atoms with Gasteiger partial charge in [0.25, 0.3) is 0 Å². The van der Waals surface area contributed by atoms with E-state index in [1.807, 2.05) is 13.0 Å². The third-order valence-corrected chi connectivity index (χ3v) is 3.70. The second-order valence-electron chi connectivity index (χ2n) is 6.95. The van der Waals surface area contributed by atoms with Gasteiger partial charge in [-0.1, -0.05) is 19.9 Å². The first-order valence-corrected chi connectivity index (χ1v) is 8.24. The van der Waals surface area contributed by atoms with E-state index in [0.717, 1.165) is 12.0 Å². The van der Waals surface area contributed by atoms with Gasteiger partial charge in [0.05, 0.1) is 5.60 Å². The van der Waals surface area contributed by atoms with E-state index >= 15 is 0 Å². The average molecular weight is 335 g/mol. The molecule has 3 amide bonds. The first kappa shape index (κ1) is 20.0. The molecular weight excluding hydrogens is 306 g/mol. The molecule has 6 nitrogen and oxygen atoms in total. The highest BCUT2D eigenvalue weighted by atomic mass is 16.3. The lowest BCUT2D eigenvalue weighted by atomic mass is 9.95. The molecule has 1 rings (SSSR count). The third-order valence-electron chi connectivity index (χ3n) is 3.70. The maximum atomic E-state index is 12.0. The molecule has 134 valence electrons. The van der Waals surface area contributed by atoms with Crippen LogP contribution in [0.1, 0.15) is 46.1 Å². The van der Waals surface area contributed by atoms with Gasteiger partial charge in [0, 0.05) is 24.8 Å². The minimum absolute atomic E-state index is 0.166. The molecule has 0 saturated heterocycles. The van der Waals surface area contributed by atoms with Gasteiger partial charge in [-0.2, -0.15) is 0 Å². The second-order valence-corrected chi connectivity index (χ2v) is 6.95. The number of aryl methyl sites for hydroxylation is 1. The SMILES string of the molecule is CC(=O)Nc1cc(NC(=O)NC[C@](C)(O)CCC(C)C)ccc1C. The number of aliphatic hydroxyl groups is 1. The van der Waals surface area contributed by atoms with E-state index in [-0.39, 0.29) is 12.5 Å². The first-order chi connectivity index (χ1) is 11.1. The Balaban J connectivity index is 2.57. The van der Waals surface area contributed by atoms with Gasteiger partial charge in [-0.25, -0.2) is 4.79 Å². The summed E-state index contributed by atoms with van der Waals surface area (Å²) in [7, 11) is 0. The Bertz CT molecular complexity index is 583. The van der Waals surface area contributed by atoms with Crippen molar-refractivity contribution in [3.05, 3.63) is 23.8 Å². The molecule has 24 heavy (non-hydrogen) atoms. The van der Waals surface area contributed by atoms with E-state index in [4.69, 9.17) is 0 Å². The van der Waals surface area contributed by atoms with Crippen molar-refractivity contribution in [3.8, 4) is 0 Å². The van der Waals surface area contributed by atoms with Gasteiger partial charge < -0.3 is 21.1 Å². The normalized spacial score (nSPS) is 13.3. The molecule has 4 N–H and O–H groups in total. The molecule has 1 aromatic carbocycles. The predicted octanol–water partition coefficient (Wildman–Crippen LogP) is 3.26. The van der Waals surface area contributed by atoms with Crippen LogP contribution in [0.4, 0.5) is 16.2 Å². The summed E-state index contributed by atoms with van der Waals surface area (Å²) in [5.74, 6) is 0.339. The zero-order valence-electron chi connectivity index (χ0n) is 15.2. The summed E-state index contributed by atoms with van der Waals surface area (Å²) in [4.78, 5) is 23.2. The molecule has 0 unspecified atom stereocenters. The number of anilines is 2. The van der Waals surface area contributed by atoms with E-state index in [1.165, 1.54) is 6.92 Å². The van der Waals surface area contributed by atoms with Crippen molar-refractivity contribution in [1.82, 2.24) is 5.32 Å². The van der Waals surface area contributed by atoms with Crippen molar-refractivity contribution in [2.45, 2.75) is 53.1 Å². The quantitative estimate of drug-likeness (QED) is 0.616. The standard InChI is InChI=1S/C18H29N3O3/c1-12(2)8-9-18(5,24)11-19-17(23)21-15-7-6-13(3)16(10-15)20-14(4)22/h6-7,10,12,24H,8-9,11H2,1-5H3,(H,20,22)(H2,19,21,23)/t18-/m1/s1. The molecule has 6 heteroatoms. The maximum absolute atomic E-state index is 12.0. The Morgan fingerprint density at radius 1 is 1.25 bits per heavy atom. The van der Waals surface area contributed by atoms with E-state index in [0.29, 0.717) is 23.7 Å². The zero-order valence-corrected chi connectivity index (χ0v) is 15.2. The summed E-state index contributed by atoms with van der Waals surface area (Å²) in [6.07, 6.45) is 1.52. The largest absolute Gasteiger partial charge is 0.388 e. The number of urea groups is 1. The van der Waals surface area contributed by atoms with E-state index in [9.17, 15) is 14.7 Å². The number of nitrogens with one attached hydrogen (secondary N) is 3. The number of hydrogen-bond donors (Lipinski definition) is 4. The number of amides is 3. The van der Waals surface area contributed by atoms with Gasteiger partial charge >= 0.3 is 6.03 Å². The predicted molar refractivity (Wildman–Crippen MR) is 97.2 cm³/mol. The van der Waals surface area contributed by atoms with Crippen molar-refractivity contribution >= 4 is 23.3 Å². The monoisotopic (exact) mass is 335 g/mol. The molecule has 0 aromatic heterocycles. The number of carbonyl (C=O) groups is 2. The highest BCUT2D eigenvalue weighted by Gasteiger charge is 2.21. The van der Waals surface area contributed by atoms with Gasteiger partial charge in [-0.3, -0.25) is 4.79 Å². The van der Waals surface area contributed by atoms with Crippen LogP contribution in [0.25, 0.3) is 0 Å². The van der Waals surface area contributed by atoms with E-state index < -0.39 is 11.6 Å². The molecule has 1 aromatic rings. The van der Waals surface area contributed by atoms with Crippen LogP contribution in [0.5, 0.6) is 0 Å². The van der Waals surface area contributed by atoms with Crippen molar-refractivity contribution < 1.29 is 14.7 Å². The number of benzene rings is 1. The highest BCUT2D eigenvalue weighted by molar-refractivity contribution is 5.93. The molecule has 0 aliphatic heterocycles. The highest BCUT2D eigenvalue weighted by Crippen LogP contribution is 2.20. The zero-order chi connectivity index (χ0) is 18.3. The van der Waals surface area contributed by atoms with Gasteiger partial charge in [0.1, 0.15) is 0 Å². The molecule has 0 fully saturated rings. The Morgan fingerprint density at radius 3 is 2.50 bits per heavy atom. The summed E-state index contributed by atoms with van der Waals surface area (Å²) in [6, 6.07) is 4.89. The fourth-order valence-corrected chi connectivity index (χ4v) is 2.16. The molecule has 0 aliphatic carbocycles. The van der Waals surface area contributed by atoms with Crippen molar-refractivity contribution in [2.75, 3.05) is 17.2 Å². The molecule has 0 bridgehead atoms. The Morgan fingerprint density at radius 2 is 1.92 bits per heavy atom. The lowest BCUT2D eigenvalue weighted by Crippen LogP contribution is -2.42. The number of carbonyl (C=O) groups excluding carboxylic acids is 2. The minimum Gasteiger partial charge on any atom is -0.388 e. The Hall–Kier alpha value is -2.08. The minimum atomic E-state index is -0.934. The smallest absolute Gasteiger partial charge is 0.319 e. The van der Waals surface area contributed by atoms with Crippen LogP contribution in [0.3, 0.4) is 0 Å². The van der Waals surface area contributed by atoms with Gasteiger partial charge in [0.2, 0.25) is 5.91 Å². The summed E-state index contributed by atoms with van der Waals surface area (Å²) in [5, 5.41) is 18.4. The lowest BCUT2D eigenvalue weighted by molar-refractivity contribution is -0.114. The van der Waals surface area contributed by atoms with Crippen LogP contribution < -0.4 is 16.0 Å². The molecule has 0 heterocycles. The summed E-state index contributed by atoms with van der Waals surface area (Å²) < 4.78 is 0. The van der Waals surface area contributed by atoms with Gasteiger partial charge in [-0.05, 0) is 50.3 Å². The van der Waals surface area contributed by atoms with Crippen LogP contribution in [0.2, 0.25) is 0 Å². The molecule has 1 atom stereocenters. The fraction of sp³-hybridized carbons (Fsp3) is 0.556. The Labute approximate surface area is 144 Å². The van der Waals surface area contributed by atoms with Crippen molar-refractivity contribution in [3.63, 3.8) is 0 Å². The number of hydrogen-bond acceptors (Lipinski definition) is 3. The van der Waals surface area contributed by atoms with Gasteiger partial charge in [0.15, 0.2) is 0 Å². The fourth-order valence-electron chi connectivity index (χ4n) is 2.16. The van der Waals surface area contributed by atoms with Crippen LogP contribution in [-0.2, 0) is 4.79 Å². The van der Waals surface area contributed by atoms with E-state index in [2.05, 4.69) is 29.8 Å². The maximum Gasteiger partial charge on any atom is 0.319 e. The van der Waals surface area contributed by atoms with E-state index in [1.54, 1.807) is 19.1 Å². The lowest BCUT2D eigenvalue weighted by Gasteiger charge is -2.24. The van der Waals surface area contributed by atoms with Crippen molar-refractivity contribution in [2.24, 2.45) is 5.92 Å². The average Bonchev–Trinajstić information content (AvgIpc) is 2.46. The van der Waals surface area contributed by atoms with Crippen LogP contribution in [-0.4, -0.2) is 29.2 Å². The summed E-state index contributed by atoms with van der Waals surface area (Å²) >= 11 is 0. The molecule has 0 aliphatic rings. The summed E-state index contributed by atoms with van der Waals surface area (Å²) in [6.45, 7) is 9.40. The molecular formula is C18H29N3O3. The van der Waals surface area contributed by atoms with Crippen LogP contribution in [0, 0.1) is 12.8 Å². The number of rotatable bonds is 7. The third kappa shape index (κ3) is 7.46. The Kier molecular flexibility index (Phi) is 7.22. The second kappa shape index (κ2) is 8.68. The van der Waals surface area contributed by atoms with Crippen LogP contribution >= 0.6 is 0 Å². The molecule has 0 spiro atoms. The topological polar surface area (TPSA) is 90.5 Å². The summed E-state index contributed by atoms with van der Waals surface area (Å²) in [5.41, 5.74) is 1.21. The molecule has 0 radical (unpaired) electrons. The van der Waals surface area contributed by atoms with Gasteiger partial charge in [-0.15, -0.1) is 0 Å². The molecule has 0 saturated carbocycles. The van der Waals surface area contributed by atoms with Crippen molar-refractivity contribution in [1.29, 1.82) is 0 Å².